The summed E-state index contributed by atoms with van der Waals surface area (Å²) in [5.41, 5.74) is 0.844. The van der Waals surface area contributed by atoms with Gasteiger partial charge in [0.15, 0.2) is 0 Å². The van der Waals surface area contributed by atoms with Crippen molar-refractivity contribution in [1.29, 1.82) is 0 Å². The summed E-state index contributed by atoms with van der Waals surface area (Å²) in [6, 6.07) is 6.88. The smallest absolute Gasteiger partial charge is 0.269 e. The van der Waals surface area contributed by atoms with Crippen molar-refractivity contribution < 1.29 is 14.6 Å². The fourth-order valence-electron chi connectivity index (χ4n) is 3.15. The zero-order valence-electron chi connectivity index (χ0n) is 13.7. The van der Waals surface area contributed by atoms with Gasteiger partial charge in [0.2, 0.25) is 5.91 Å². The van der Waals surface area contributed by atoms with Crippen LogP contribution >= 0.6 is 0 Å². The van der Waals surface area contributed by atoms with Crippen molar-refractivity contribution in [1.82, 2.24) is 5.32 Å². The van der Waals surface area contributed by atoms with Crippen LogP contribution in [0.3, 0.4) is 0 Å². The molecule has 2 atom stereocenters. The Balaban J connectivity index is 1.65. The first kappa shape index (κ1) is 17.4. The molecule has 1 unspecified atom stereocenters. The standard InChI is InChI=1S/C17H25N3O3/c1-14-5-2-3-11-19(14)12-4-10-18-17(21)13-15-6-8-16(9-7-15)20(22)23/h6-9,14H,2-5,10-13H2,1H3,(H,18,21)/p+1/t14-/m0/s1. The second-order valence-electron chi connectivity index (χ2n) is 6.36. The first-order chi connectivity index (χ1) is 11.1. The van der Waals surface area contributed by atoms with Crippen LogP contribution in [0.5, 0.6) is 0 Å². The lowest BCUT2D eigenvalue weighted by molar-refractivity contribution is -0.928. The number of nitrogens with one attached hydrogen (secondary N) is 2. The Morgan fingerprint density at radius 1 is 1.35 bits per heavy atom. The Kier molecular flexibility index (Phi) is 6.52. The number of non-ortho nitro benzene ring substituents is 1. The van der Waals surface area contributed by atoms with Crippen molar-refractivity contribution in [3.05, 3.63) is 39.9 Å². The molecule has 0 aromatic heterocycles. The van der Waals surface area contributed by atoms with Gasteiger partial charge >= 0.3 is 0 Å². The van der Waals surface area contributed by atoms with Gasteiger partial charge in [0.05, 0.1) is 30.5 Å². The monoisotopic (exact) mass is 320 g/mol. The number of nitro groups is 1. The van der Waals surface area contributed by atoms with Crippen LogP contribution in [0.4, 0.5) is 5.69 Å². The first-order valence-electron chi connectivity index (χ1n) is 8.41. The van der Waals surface area contributed by atoms with Gasteiger partial charge in [-0.05, 0) is 31.7 Å². The van der Waals surface area contributed by atoms with Crippen LogP contribution in [0, 0.1) is 10.1 Å². The van der Waals surface area contributed by atoms with Gasteiger partial charge in [-0.25, -0.2) is 0 Å². The third kappa shape index (κ3) is 5.63. The van der Waals surface area contributed by atoms with E-state index in [1.165, 1.54) is 37.9 Å². The van der Waals surface area contributed by atoms with Crippen LogP contribution < -0.4 is 10.2 Å². The van der Waals surface area contributed by atoms with Crippen LogP contribution in [-0.2, 0) is 11.2 Å². The number of likely N-dealkylation sites (tertiary alicyclic amines) is 1. The molecule has 0 spiro atoms. The second-order valence-corrected chi connectivity index (χ2v) is 6.36. The lowest BCUT2D eigenvalue weighted by Gasteiger charge is -2.30. The van der Waals surface area contributed by atoms with Crippen molar-refractivity contribution in [3.8, 4) is 0 Å². The van der Waals surface area contributed by atoms with Crippen LogP contribution in [0.2, 0.25) is 0 Å². The molecule has 0 bridgehead atoms. The van der Waals surface area contributed by atoms with E-state index in [0.717, 1.165) is 24.6 Å². The summed E-state index contributed by atoms with van der Waals surface area (Å²) in [7, 11) is 0. The molecule has 2 rings (SSSR count). The van der Waals surface area contributed by atoms with Crippen molar-refractivity contribution in [2.45, 2.75) is 45.1 Å². The summed E-state index contributed by atoms with van der Waals surface area (Å²) in [5, 5.41) is 13.5. The van der Waals surface area contributed by atoms with Gasteiger partial charge in [-0.2, -0.15) is 0 Å². The van der Waals surface area contributed by atoms with Crippen LogP contribution in [0.25, 0.3) is 0 Å². The van der Waals surface area contributed by atoms with E-state index in [1.807, 2.05) is 0 Å². The molecule has 1 amide bonds. The number of amides is 1. The average Bonchev–Trinajstić information content (AvgIpc) is 2.53. The van der Waals surface area contributed by atoms with Gasteiger partial charge in [0.1, 0.15) is 0 Å². The van der Waals surface area contributed by atoms with Crippen molar-refractivity contribution in [2.75, 3.05) is 19.6 Å². The summed E-state index contributed by atoms with van der Waals surface area (Å²) < 4.78 is 0. The maximum atomic E-state index is 11.9. The molecule has 6 nitrogen and oxygen atoms in total. The molecular weight excluding hydrogens is 294 g/mol. The fourth-order valence-corrected chi connectivity index (χ4v) is 3.15. The molecule has 2 N–H and O–H groups in total. The van der Waals surface area contributed by atoms with E-state index in [4.69, 9.17) is 0 Å². The highest BCUT2D eigenvalue weighted by atomic mass is 16.6. The van der Waals surface area contributed by atoms with Gasteiger partial charge in [0.25, 0.3) is 5.69 Å². The van der Waals surface area contributed by atoms with Crippen molar-refractivity contribution in [2.24, 2.45) is 0 Å². The minimum Gasteiger partial charge on any atom is -0.356 e. The molecule has 0 radical (unpaired) electrons. The Morgan fingerprint density at radius 2 is 2.09 bits per heavy atom. The molecule has 1 aromatic carbocycles. The molecule has 1 heterocycles. The number of piperidine rings is 1. The number of hydrogen-bond acceptors (Lipinski definition) is 3. The summed E-state index contributed by atoms with van der Waals surface area (Å²) in [6.07, 6.45) is 5.22. The SMILES string of the molecule is C[C@H]1CCCC[NH+]1CCCNC(=O)Cc1ccc([N+](=O)[O-])cc1. The predicted molar refractivity (Wildman–Crippen MR) is 88.4 cm³/mol. The Bertz CT molecular complexity index is 530. The minimum atomic E-state index is -0.437. The van der Waals surface area contributed by atoms with Crippen LogP contribution in [0.15, 0.2) is 24.3 Å². The molecule has 6 heteroatoms. The Morgan fingerprint density at radius 3 is 2.74 bits per heavy atom. The molecule has 1 aliphatic rings. The molecule has 126 valence electrons. The third-order valence-corrected chi connectivity index (χ3v) is 4.59. The summed E-state index contributed by atoms with van der Waals surface area (Å²) >= 11 is 0. The van der Waals surface area contributed by atoms with Gasteiger partial charge in [-0.15, -0.1) is 0 Å². The highest BCUT2D eigenvalue weighted by Gasteiger charge is 2.20. The number of carbonyl (C=O) groups is 1. The van der Waals surface area contributed by atoms with E-state index in [1.54, 1.807) is 17.0 Å². The summed E-state index contributed by atoms with van der Waals surface area (Å²) in [5.74, 6) is -0.0273. The van der Waals surface area contributed by atoms with Gasteiger partial charge in [-0.3, -0.25) is 14.9 Å². The molecule has 1 saturated heterocycles. The molecular formula is C17H26N3O3+. The molecule has 1 aromatic rings. The zero-order valence-corrected chi connectivity index (χ0v) is 13.7. The molecule has 23 heavy (non-hydrogen) atoms. The average molecular weight is 320 g/mol. The quantitative estimate of drug-likeness (QED) is 0.449. The first-order valence-corrected chi connectivity index (χ1v) is 8.41. The van der Waals surface area contributed by atoms with E-state index in [9.17, 15) is 14.9 Å². The number of rotatable bonds is 7. The largest absolute Gasteiger partial charge is 0.356 e. The highest BCUT2D eigenvalue weighted by Crippen LogP contribution is 2.12. The van der Waals surface area contributed by atoms with Crippen molar-refractivity contribution in [3.63, 3.8) is 0 Å². The fraction of sp³-hybridized carbons (Fsp3) is 0.588. The molecule has 0 aliphatic carbocycles. The van der Waals surface area contributed by atoms with Crippen LogP contribution in [0.1, 0.15) is 38.2 Å². The number of benzene rings is 1. The second kappa shape index (κ2) is 8.62. The molecule has 0 saturated carbocycles. The molecule has 1 aliphatic heterocycles. The zero-order chi connectivity index (χ0) is 16.7. The topological polar surface area (TPSA) is 76.7 Å². The lowest BCUT2D eigenvalue weighted by atomic mass is 10.0. The van der Waals surface area contributed by atoms with Crippen molar-refractivity contribution >= 4 is 11.6 Å². The van der Waals surface area contributed by atoms with Crippen LogP contribution in [-0.4, -0.2) is 36.5 Å². The predicted octanol–water partition coefficient (Wildman–Crippen LogP) is 1.10. The Hall–Kier alpha value is -1.95. The normalized spacial score (nSPS) is 20.9. The lowest BCUT2D eigenvalue weighted by Crippen LogP contribution is -3.16. The van der Waals surface area contributed by atoms with Gasteiger partial charge in [0, 0.05) is 25.1 Å². The number of nitrogens with zero attached hydrogens (tertiary/aromatic N) is 1. The van der Waals surface area contributed by atoms with E-state index < -0.39 is 4.92 Å². The number of carbonyl (C=O) groups excluding carboxylic acids is 1. The van der Waals surface area contributed by atoms with Gasteiger partial charge in [-0.1, -0.05) is 12.1 Å². The van der Waals surface area contributed by atoms with E-state index >= 15 is 0 Å². The number of nitro benzene ring substituents is 1. The maximum Gasteiger partial charge on any atom is 0.269 e. The summed E-state index contributed by atoms with van der Waals surface area (Å²) in [4.78, 5) is 23.7. The van der Waals surface area contributed by atoms with E-state index in [0.29, 0.717) is 6.54 Å². The van der Waals surface area contributed by atoms with Gasteiger partial charge < -0.3 is 10.2 Å². The third-order valence-electron chi connectivity index (χ3n) is 4.59. The molecule has 1 fully saturated rings. The highest BCUT2D eigenvalue weighted by molar-refractivity contribution is 5.78. The number of quaternary nitrogens is 1. The van der Waals surface area contributed by atoms with E-state index in [-0.39, 0.29) is 18.0 Å². The Labute approximate surface area is 137 Å². The minimum absolute atomic E-state index is 0.0273. The maximum absolute atomic E-state index is 11.9. The summed E-state index contributed by atoms with van der Waals surface area (Å²) in [6.45, 7) is 5.36. The number of hydrogen-bond donors (Lipinski definition) is 2. The van der Waals surface area contributed by atoms with E-state index in [2.05, 4.69) is 12.2 Å².